The second-order valence-corrected chi connectivity index (χ2v) is 8.47. The largest absolute Gasteiger partial charge is 0.383 e. The van der Waals surface area contributed by atoms with E-state index in [9.17, 15) is 4.79 Å². The summed E-state index contributed by atoms with van der Waals surface area (Å²) in [5.41, 5.74) is 3.78. The molecule has 6 nitrogen and oxygen atoms in total. The highest BCUT2D eigenvalue weighted by atomic mass is 35.5. The van der Waals surface area contributed by atoms with Crippen LogP contribution in [0.3, 0.4) is 0 Å². The third-order valence-electron chi connectivity index (χ3n) is 6.01. The van der Waals surface area contributed by atoms with Crippen molar-refractivity contribution in [1.82, 2.24) is 15.6 Å². The average Bonchev–Trinajstić information content (AvgIpc) is 2.76. The molecule has 1 aromatic heterocycles. The molecule has 0 spiro atoms. The van der Waals surface area contributed by atoms with E-state index in [-0.39, 0.29) is 5.91 Å². The molecular formula is C23H29ClN4O2. The molecule has 1 aromatic carbocycles. The maximum absolute atomic E-state index is 12.0. The maximum atomic E-state index is 12.0. The molecule has 1 saturated carbocycles. The van der Waals surface area contributed by atoms with Gasteiger partial charge in [0.1, 0.15) is 5.82 Å². The highest BCUT2D eigenvalue weighted by Crippen LogP contribution is 2.32. The second-order valence-electron chi connectivity index (χ2n) is 8.07. The van der Waals surface area contributed by atoms with Crippen molar-refractivity contribution in [2.75, 3.05) is 32.1 Å². The zero-order valence-electron chi connectivity index (χ0n) is 17.3. The Bertz CT molecular complexity index is 897. The fourth-order valence-corrected chi connectivity index (χ4v) is 4.56. The maximum Gasteiger partial charge on any atom is 0.251 e. The highest BCUT2D eigenvalue weighted by Gasteiger charge is 2.22. The number of amides is 1. The number of halogens is 1. The van der Waals surface area contributed by atoms with Gasteiger partial charge < -0.3 is 20.7 Å². The number of rotatable bonds is 7. The van der Waals surface area contributed by atoms with E-state index < -0.39 is 0 Å². The molecule has 2 heterocycles. The first-order valence-electron chi connectivity index (χ1n) is 10.7. The van der Waals surface area contributed by atoms with Crippen LogP contribution in [-0.2, 0) is 11.2 Å². The quantitative estimate of drug-likeness (QED) is 0.587. The average molecular weight is 429 g/mol. The van der Waals surface area contributed by atoms with Crippen LogP contribution in [-0.4, -0.2) is 49.8 Å². The lowest BCUT2D eigenvalue weighted by molar-refractivity contribution is 0.0946. The molecule has 1 aliphatic carbocycles. The van der Waals surface area contributed by atoms with Crippen molar-refractivity contribution in [3.05, 3.63) is 46.6 Å². The van der Waals surface area contributed by atoms with Crippen LogP contribution in [0.1, 0.15) is 41.6 Å². The van der Waals surface area contributed by atoms with E-state index in [1.54, 1.807) is 13.3 Å². The molecule has 0 saturated heterocycles. The molecule has 1 fully saturated rings. The Balaban J connectivity index is 1.42. The molecule has 2 aliphatic rings. The van der Waals surface area contributed by atoms with E-state index in [1.807, 2.05) is 18.2 Å². The number of nitrogens with one attached hydrogen (secondary N) is 3. The second kappa shape index (κ2) is 9.77. The number of fused-ring (bicyclic) bond motifs is 1. The van der Waals surface area contributed by atoms with Crippen LogP contribution < -0.4 is 16.0 Å². The lowest BCUT2D eigenvalue weighted by atomic mass is 9.91. The van der Waals surface area contributed by atoms with Gasteiger partial charge in [0.2, 0.25) is 0 Å². The van der Waals surface area contributed by atoms with Crippen LogP contribution in [0.25, 0.3) is 11.1 Å². The van der Waals surface area contributed by atoms with Gasteiger partial charge in [-0.1, -0.05) is 23.7 Å². The van der Waals surface area contributed by atoms with Crippen LogP contribution in [0.4, 0.5) is 5.82 Å². The molecule has 2 aromatic rings. The Morgan fingerprint density at radius 3 is 2.77 bits per heavy atom. The lowest BCUT2D eigenvalue weighted by Gasteiger charge is -2.30. The molecule has 1 aliphatic heterocycles. The van der Waals surface area contributed by atoms with Crippen molar-refractivity contribution in [2.24, 2.45) is 0 Å². The first-order chi connectivity index (χ1) is 14.6. The van der Waals surface area contributed by atoms with Crippen LogP contribution in [0.2, 0.25) is 5.02 Å². The number of nitrogens with zero attached hydrogens (tertiary/aromatic N) is 1. The smallest absolute Gasteiger partial charge is 0.251 e. The van der Waals surface area contributed by atoms with Crippen molar-refractivity contribution < 1.29 is 9.53 Å². The number of aromatic nitrogens is 1. The van der Waals surface area contributed by atoms with Crippen molar-refractivity contribution in [3.63, 3.8) is 0 Å². The monoisotopic (exact) mass is 428 g/mol. The number of pyridine rings is 1. The van der Waals surface area contributed by atoms with Crippen LogP contribution >= 0.6 is 11.6 Å². The first kappa shape index (κ1) is 21.1. The molecule has 0 unspecified atom stereocenters. The molecule has 160 valence electrons. The van der Waals surface area contributed by atoms with E-state index in [0.717, 1.165) is 73.3 Å². The number of ether oxygens (including phenoxy) is 1. The standard InChI is InChI=1S/C23H29ClN4O2/c1-30-11-10-25-17-3-5-18(6-4-17)28-22-13-20(21(24)14-27-22)15-2-7-19-16(12-15)8-9-26-23(19)29/h2,7,12-14,17-18,25H,3-6,8-11H2,1H3,(H,26,29)(H,27,28)/t17-,18-. The highest BCUT2D eigenvalue weighted by molar-refractivity contribution is 6.33. The topological polar surface area (TPSA) is 75.3 Å². The predicted octanol–water partition coefficient (Wildman–Crippen LogP) is 3.65. The van der Waals surface area contributed by atoms with E-state index in [1.165, 1.54) is 0 Å². The van der Waals surface area contributed by atoms with E-state index in [0.29, 0.717) is 23.7 Å². The Kier molecular flexibility index (Phi) is 6.87. The van der Waals surface area contributed by atoms with Gasteiger partial charge in [0.25, 0.3) is 5.91 Å². The van der Waals surface area contributed by atoms with E-state index in [4.69, 9.17) is 16.3 Å². The van der Waals surface area contributed by atoms with Crippen molar-refractivity contribution >= 4 is 23.3 Å². The van der Waals surface area contributed by atoms with Gasteiger partial charge in [-0.15, -0.1) is 0 Å². The van der Waals surface area contributed by atoms with Gasteiger partial charge in [0.05, 0.1) is 11.6 Å². The number of benzene rings is 1. The minimum absolute atomic E-state index is 0.00158. The molecule has 4 rings (SSSR count). The molecule has 1 amide bonds. The predicted molar refractivity (Wildman–Crippen MR) is 120 cm³/mol. The van der Waals surface area contributed by atoms with Gasteiger partial charge in [-0.25, -0.2) is 4.98 Å². The summed E-state index contributed by atoms with van der Waals surface area (Å²) in [4.78, 5) is 16.5. The minimum Gasteiger partial charge on any atom is -0.383 e. The molecule has 0 atom stereocenters. The Morgan fingerprint density at radius 2 is 1.97 bits per heavy atom. The normalized spacial score (nSPS) is 21.1. The zero-order valence-corrected chi connectivity index (χ0v) is 18.1. The lowest BCUT2D eigenvalue weighted by Crippen LogP contribution is -2.38. The number of hydrogen-bond acceptors (Lipinski definition) is 5. The van der Waals surface area contributed by atoms with Crippen molar-refractivity contribution in [2.45, 2.75) is 44.2 Å². The van der Waals surface area contributed by atoms with Crippen LogP contribution in [0.5, 0.6) is 0 Å². The van der Waals surface area contributed by atoms with E-state index >= 15 is 0 Å². The molecule has 7 heteroatoms. The summed E-state index contributed by atoms with van der Waals surface area (Å²) >= 11 is 6.48. The fourth-order valence-electron chi connectivity index (χ4n) is 4.35. The summed E-state index contributed by atoms with van der Waals surface area (Å²) in [6, 6.07) is 8.94. The van der Waals surface area contributed by atoms with Gasteiger partial charge in [0, 0.05) is 49.6 Å². The number of anilines is 1. The molecular weight excluding hydrogens is 400 g/mol. The number of hydrogen-bond donors (Lipinski definition) is 3. The van der Waals surface area contributed by atoms with Crippen LogP contribution in [0, 0.1) is 0 Å². The summed E-state index contributed by atoms with van der Waals surface area (Å²) in [6.07, 6.45) is 7.06. The van der Waals surface area contributed by atoms with Gasteiger partial charge in [-0.3, -0.25) is 4.79 Å². The Hall–Kier alpha value is -2.15. The zero-order chi connectivity index (χ0) is 20.9. The van der Waals surface area contributed by atoms with Gasteiger partial charge >= 0.3 is 0 Å². The Labute approximate surface area is 182 Å². The SMILES string of the molecule is COCCN[C@H]1CC[C@H](Nc2cc(-c3ccc4c(c3)CCNC4=O)c(Cl)cn2)CC1. The molecule has 3 N–H and O–H groups in total. The summed E-state index contributed by atoms with van der Waals surface area (Å²) in [6.45, 7) is 2.34. The molecule has 0 bridgehead atoms. The van der Waals surface area contributed by atoms with Crippen LogP contribution in [0.15, 0.2) is 30.5 Å². The third kappa shape index (κ3) is 4.94. The third-order valence-corrected chi connectivity index (χ3v) is 6.32. The van der Waals surface area contributed by atoms with Crippen molar-refractivity contribution in [1.29, 1.82) is 0 Å². The number of carbonyl (C=O) groups is 1. The molecule has 0 radical (unpaired) electrons. The summed E-state index contributed by atoms with van der Waals surface area (Å²) in [7, 11) is 1.73. The van der Waals surface area contributed by atoms with E-state index in [2.05, 4.69) is 27.0 Å². The number of methoxy groups -OCH3 is 1. The Morgan fingerprint density at radius 1 is 1.17 bits per heavy atom. The number of carbonyl (C=O) groups excluding carboxylic acids is 1. The first-order valence-corrected chi connectivity index (χ1v) is 11.1. The van der Waals surface area contributed by atoms with Gasteiger partial charge in [-0.2, -0.15) is 0 Å². The summed E-state index contributed by atoms with van der Waals surface area (Å²) < 4.78 is 5.11. The van der Waals surface area contributed by atoms with Gasteiger partial charge in [0.15, 0.2) is 0 Å². The summed E-state index contributed by atoms with van der Waals surface area (Å²) in [5.74, 6) is 0.846. The fraction of sp³-hybridized carbons (Fsp3) is 0.478. The van der Waals surface area contributed by atoms with Crippen molar-refractivity contribution in [3.8, 4) is 11.1 Å². The summed E-state index contributed by atoms with van der Waals surface area (Å²) in [5, 5.41) is 10.7. The molecule has 30 heavy (non-hydrogen) atoms. The van der Waals surface area contributed by atoms with Gasteiger partial charge in [-0.05, 0) is 55.4 Å². The minimum atomic E-state index is -0.00158.